The van der Waals surface area contributed by atoms with Crippen LogP contribution < -0.4 is 0 Å². The third kappa shape index (κ3) is 4.40. The summed E-state index contributed by atoms with van der Waals surface area (Å²) in [6, 6.07) is 2.26. The lowest BCUT2D eigenvalue weighted by atomic mass is 10.00. The van der Waals surface area contributed by atoms with Gasteiger partial charge in [0.05, 0.1) is 11.9 Å². The Hall–Kier alpha value is -2.94. The van der Waals surface area contributed by atoms with E-state index in [0.717, 1.165) is 16.9 Å². The van der Waals surface area contributed by atoms with E-state index in [4.69, 9.17) is 10.1 Å². The van der Waals surface area contributed by atoms with Gasteiger partial charge in [0, 0.05) is 22.7 Å². The average Bonchev–Trinajstić information content (AvgIpc) is 3.38. The first-order valence-electron chi connectivity index (χ1n) is 10.7. The van der Waals surface area contributed by atoms with Crippen molar-refractivity contribution in [3.63, 3.8) is 0 Å². The Labute approximate surface area is 173 Å². The van der Waals surface area contributed by atoms with Gasteiger partial charge in [-0.1, -0.05) is 93.5 Å². The fourth-order valence-electron chi connectivity index (χ4n) is 4.06. The topological polar surface area (TPSA) is 30.2 Å². The van der Waals surface area contributed by atoms with Crippen molar-refractivity contribution in [2.45, 2.75) is 51.4 Å². The number of hydrogen-bond acceptors (Lipinski definition) is 2. The smallest absolute Gasteiger partial charge is 0.159 e. The first-order valence-corrected chi connectivity index (χ1v) is 10.7. The summed E-state index contributed by atoms with van der Waals surface area (Å²) in [5.41, 5.74) is 5.65. The molecule has 0 saturated heterocycles. The molecule has 0 spiro atoms. The summed E-state index contributed by atoms with van der Waals surface area (Å²) in [4.78, 5) is 5.07. The van der Waals surface area contributed by atoms with Gasteiger partial charge in [0.1, 0.15) is 0 Å². The molecule has 2 heterocycles. The summed E-state index contributed by atoms with van der Waals surface area (Å²) < 4.78 is 2.09. The number of fused-ring (bicyclic) bond motifs is 1. The minimum Gasteiger partial charge on any atom is -0.228 e. The predicted octanol–water partition coefficient (Wildman–Crippen LogP) is 6.69. The molecule has 0 aromatic carbocycles. The normalized spacial score (nSPS) is 25.1. The van der Waals surface area contributed by atoms with Crippen LogP contribution in [0.2, 0.25) is 0 Å². The van der Waals surface area contributed by atoms with Crippen molar-refractivity contribution in [1.29, 1.82) is 0 Å². The Morgan fingerprint density at radius 1 is 0.897 bits per heavy atom. The van der Waals surface area contributed by atoms with Crippen LogP contribution in [0.5, 0.6) is 0 Å². The molecule has 2 aromatic rings. The summed E-state index contributed by atoms with van der Waals surface area (Å²) >= 11 is 0. The van der Waals surface area contributed by atoms with Crippen molar-refractivity contribution in [1.82, 2.24) is 14.6 Å². The summed E-state index contributed by atoms with van der Waals surface area (Å²) in [6.45, 7) is 4.42. The van der Waals surface area contributed by atoms with Crippen LogP contribution in [-0.2, 0) is 0 Å². The largest absolute Gasteiger partial charge is 0.228 e. The molecule has 148 valence electrons. The molecule has 0 bridgehead atoms. The second-order valence-corrected chi connectivity index (χ2v) is 8.06. The molecule has 2 aliphatic carbocycles. The zero-order chi connectivity index (χ0) is 20.1. The molecule has 0 atom stereocenters. The van der Waals surface area contributed by atoms with Crippen molar-refractivity contribution < 1.29 is 0 Å². The van der Waals surface area contributed by atoms with Crippen LogP contribution in [0.1, 0.15) is 68.3 Å². The Balaban J connectivity index is 1.85. The minimum absolute atomic E-state index is 0.396. The van der Waals surface area contributed by atoms with Gasteiger partial charge < -0.3 is 0 Å². The second-order valence-electron chi connectivity index (χ2n) is 8.06. The Morgan fingerprint density at radius 2 is 1.55 bits per heavy atom. The first kappa shape index (κ1) is 19.4. The molecular weight excluding hydrogens is 354 g/mol. The highest BCUT2D eigenvalue weighted by Crippen LogP contribution is 2.36. The third-order valence-electron chi connectivity index (χ3n) is 5.66. The van der Waals surface area contributed by atoms with E-state index in [1.165, 1.54) is 36.9 Å². The standard InChI is InChI=1S/C26H29N3/c1-20(2)23-19-27-29-25(22-16-12-13-17-22)18-24(28-26(23)29)21-14-10-8-6-4-3-5-7-9-11-15-21/h3-11,14-15,18-20,22H,12-13,16-17H2,1-2H3/b4-3-,5-3?,6-4?,7-5-,8-6-,9-7?,10-8?,11-9-,14-10-,15-11?,21-14?,21-15+. The summed E-state index contributed by atoms with van der Waals surface area (Å²) in [5.74, 6) is 0.964. The lowest BCUT2D eigenvalue weighted by Crippen LogP contribution is -2.07. The maximum atomic E-state index is 5.07. The lowest BCUT2D eigenvalue weighted by Gasteiger charge is -2.15. The number of nitrogens with zero attached hydrogens (tertiary/aromatic N) is 3. The van der Waals surface area contributed by atoms with Crippen molar-refractivity contribution >= 4 is 11.2 Å². The van der Waals surface area contributed by atoms with Crippen LogP contribution in [0, 0.1) is 0 Å². The SMILES string of the molecule is CC(C)c1cnn2c(C3CCCC3)cc(C3=C/C=C\C=C/C=C\C=C/C=C\3)nc12. The van der Waals surface area contributed by atoms with E-state index in [1.807, 2.05) is 36.6 Å². The molecule has 0 radical (unpaired) electrons. The predicted molar refractivity (Wildman–Crippen MR) is 122 cm³/mol. The van der Waals surface area contributed by atoms with Crippen molar-refractivity contribution in [2.75, 3.05) is 0 Å². The van der Waals surface area contributed by atoms with E-state index in [-0.39, 0.29) is 0 Å². The van der Waals surface area contributed by atoms with E-state index in [2.05, 4.69) is 60.9 Å². The molecule has 29 heavy (non-hydrogen) atoms. The molecule has 0 unspecified atom stereocenters. The molecule has 3 heteroatoms. The Bertz CT molecular complexity index is 1040. The average molecular weight is 384 g/mol. The van der Waals surface area contributed by atoms with Gasteiger partial charge in [-0.25, -0.2) is 9.50 Å². The third-order valence-corrected chi connectivity index (χ3v) is 5.66. The van der Waals surface area contributed by atoms with Crippen molar-refractivity contribution in [3.05, 3.63) is 96.1 Å². The maximum Gasteiger partial charge on any atom is 0.159 e. The van der Waals surface area contributed by atoms with Crippen LogP contribution in [0.15, 0.2) is 79.1 Å². The monoisotopic (exact) mass is 383 g/mol. The fraction of sp³-hybridized carbons (Fsp3) is 0.308. The molecule has 3 nitrogen and oxygen atoms in total. The zero-order valence-electron chi connectivity index (χ0n) is 17.3. The fourth-order valence-corrected chi connectivity index (χ4v) is 4.06. The Morgan fingerprint density at radius 3 is 2.24 bits per heavy atom. The van der Waals surface area contributed by atoms with Crippen LogP contribution in [0.3, 0.4) is 0 Å². The highest BCUT2D eigenvalue weighted by Gasteiger charge is 2.23. The summed E-state index contributed by atoms with van der Waals surface area (Å²) in [7, 11) is 0. The summed E-state index contributed by atoms with van der Waals surface area (Å²) in [5, 5.41) is 4.73. The summed E-state index contributed by atoms with van der Waals surface area (Å²) in [6.07, 6.45) is 29.8. The number of rotatable bonds is 3. The van der Waals surface area contributed by atoms with Crippen LogP contribution in [-0.4, -0.2) is 14.6 Å². The van der Waals surface area contributed by atoms with Crippen molar-refractivity contribution in [2.24, 2.45) is 0 Å². The molecule has 1 saturated carbocycles. The van der Waals surface area contributed by atoms with E-state index >= 15 is 0 Å². The number of allylic oxidation sites excluding steroid dienone is 12. The maximum absolute atomic E-state index is 5.07. The molecule has 0 N–H and O–H groups in total. The van der Waals surface area contributed by atoms with E-state index in [9.17, 15) is 0 Å². The van der Waals surface area contributed by atoms with Gasteiger partial charge in [-0.05, 0) is 24.8 Å². The molecule has 2 aromatic heterocycles. The van der Waals surface area contributed by atoms with Crippen molar-refractivity contribution in [3.8, 4) is 0 Å². The van der Waals surface area contributed by atoms with E-state index in [0.29, 0.717) is 11.8 Å². The highest BCUT2D eigenvalue weighted by molar-refractivity contribution is 5.75. The molecular formula is C26H29N3. The van der Waals surface area contributed by atoms with Gasteiger partial charge in [0.25, 0.3) is 0 Å². The highest BCUT2D eigenvalue weighted by atomic mass is 15.3. The van der Waals surface area contributed by atoms with Crippen LogP contribution in [0.25, 0.3) is 11.2 Å². The minimum atomic E-state index is 0.396. The van der Waals surface area contributed by atoms with Gasteiger partial charge in [0.15, 0.2) is 5.65 Å². The molecule has 1 fully saturated rings. The zero-order valence-corrected chi connectivity index (χ0v) is 17.3. The lowest BCUT2D eigenvalue weighted by molar-refractivity contribution is 0.660. The van der Waals surface area contributed by atoms with Gasteiger partial charge in [-0.3, -0.25) is 0 Å². The molecule has 0 aliphatic heterocycles. The first-order chi connectivity index (χ1) is 14.2. The van der Waals surface area contributed by atoms with Gasteiger partial charge in [-0.2, -0.15) is 5.10 Å². The number of aromatic nitrogens is 3. The van der Waals surface area contributed by atoms with E-state index < -0.39 is 0 Å². The molecule has 0 amide bonds. The van der Waals surface area contributed by atoms with Crippen LogP contribution in [0.4, 0.5) is 0 Å². The van der Waals surface area contributed by atoms with Gasteiger partial charge >= 0.3 is 0 Å². The van der Waals surface area contributed by atoms with Gasteiger partial charge in [0.2, 0.25) is 0 Å². The van der Waals surface area contributed by atoms with E-state index in [1.54, 1.807) is 0 Å². The van der Waals surface area contributed by atoms with Crippen LogP contribution >= 0.6 is 0 Å². The second kappa shape index (κ2) is 9.04. The molecule has 2 aliphatic rings. The molecule has 4 rings (SSSR count). The number of hydrogen-bond donors (Lipinski definition) is 0. The van der Waals surface area contributed by atoms with Gasteiger partial charge in [-0.15, -0.1) is 0 Å². The quantitative estimate of drug-likeness (QED) is 0.591. The Kier molecular flexibility index (Phi) is 6.04.